The fraction of sp³-hybridized carbons (Fsp3) is 0. The minimum absolute atomic E-state index is 0.00926. The molecule has 0 unspecified atom stereocenters. The predicted molar refractivity (Wildman–Crippen MR) is 27.1 cm³/mol. The Morgan fingerprint density at radius 1 is 1.75 bits per heavy atom. The summed E-state index contributed by atoms with van der Waals surface area (Å²) < 4.78 is 3.50. The molecule has 4 heteroatoms. The molecule has 0 amide bonds. The lowest BCUT2D eigenvalue weighted by atomic mass is 10.5. The lowest BCUT2D eigenvalue weighted by Crippen LogP contribution is -1.91. The molecular formula is C4H2NO2S. The van der Waals surface area contributed by atoms with Crippen LogP contribution in [0.3, 0.4) is 0 Å². The van der Waals surface area contributed by atoms with E-state index in [0.717, 1.165) is 11.5 Å². The summed E-state index contributed by atoms with van der Waals surface area (Å²) in [7, 11) is 0. The summed E-state index contributed by atoms with van der Waals surface area (Å²) in [5.41, 5.74) is 0.00926. The molecule has 1 radical (unpaired) electrons. The Morgan fingerprint density at radius 2 is 2.50 bits per heavy atom. The van der Waals surface area contributed by atoms with Gasteiger partial charge in [-0.2, -0.15) is 4.37 Å². The number of hydrogen-bond acceptors (Lipinski definition) is 3. The van der Waals surface area contributed by atoms with Gasteiger partial charge in [0.1, 0.15) is 0 Å². The molecule has 1 rings (SSSR count). The topological polar surface area (TPSA) is 49.9 Å². The Labute approximate surface area is 49.8 Å². The summed E-state index contributed by atoms with van der Waals surface area (Å²) in [5, 5.41) is 11.5. The molecule has 0 aliphatic carbocycles. The van der Waals surface area contributed by atoms with E-state index in [0.29, 0.717) is 0 Å². The molecule has 41 valence electrons. The lowest BCUT2D eigenvalue weighted by molar-refractivity contribution is 0.0568. The Balaban J connectivity index is 2.93. The van der Waals surface area contributed by atoms with E-state index in [1.54, 1.807) is 5.38 Å². The van der Waals surface area contributed by atoms with E-state index < -0.39 is 5.97 Å². The number of rotatable bonds is 1. The molecule has 0 bridgehead atoms. The lowest BCUT2D eigenvalue weighted by Gasteiger charge is -1.72. The van der Waals surface area contributed by atoms with Crippen LogP contribution >= 0.6 is 11.5 Å². The molecule has 0 atom stereocenters. The third kappa shape index (κ3) is 0.840. The predicted octanol–water partition coefficient (Wildman–Crippen LogP) is 0.714. The zero-order valence-electron chi connectivity index (χ0n) is 3.83. The zero-order valence-corrected chi connectivity index (χ0v) is 4.64. The molecule has 1 aromatic heterocycles. The van der Waals surface area contributed by atoms with Crippen LogP contribution in [0.5, 0.6) is 0 Å². The van der Waals surface area contributed by atoms with Crippen LogP contribution < -0.4 is 0 Å². The van der Waals surface area contributed by atoms with E-state index >= 15 is 0 Å². The smallest absolute Gasteiger partial charge is 0.240 e. The van der Waals surface area contributed by atoms with Gasteiger partial charge in [-0.3, -0.25) is 0 Å². The maximum absolute atomic E-state index is 9.90. The Bertz CT molecular complexity index is 182. The first-order valence-electron chi connectivity index (χ1n) is 1.92. The SMILES string of the molecule is [O]C(=O)c1ccsn1. The average Bonchev–Trinajstić information content (AvgIpc) is 2.12. The van der Waals surface area contributed by atoms with Crippen LogP contribution in [-0.4, -0.2) is 10.3 Å². The van der Waals surface area contributed by atoms with Gasteiger partial charge in [-0.15, -0.1) is 0 Å². The van der Waals surface area contributed by atoms with Crippen LogP contribution in [0, 0.1) is 0 Å². The Hall–Kier alpha value is -0.900. The van der Waals surface area contributed by atoms with Crippen molar-refractivity contribution in [2.45, 2.75) is 0 Å². The van der Waals surface area contributed by atoms with Crippen molar-refractivity contribution in [2.24, 2.45) is 0 Å². The first-order valence-corrected chi connectivity index (χ1v) is 2.76. The number of carbonyl (C=O) groups is 1. The van der Waals surface area contributed by atoms with Crippen molar-refractivity contribution in [1.82, 2.24) is 4.37 Å². The van der Waals surface area contributed by atoms with Crippen molar-refractivity contribution in [3.8, 4) is 0 Å². The molecule has 0 aromatic carbocycles. The number of nitrogens with zero attached hydrogens (tertiary/aromatic N) is 1. The minimum atomic E-state index is -1.22. The van der Waals surface area contributed by atoms with Gasteiger partial charge in [-0.05, 0) is 17.6 Å². The molecule has 0 saturated heterocycles. The first kappa shape index (κ1) is 5.24. The van der Waals surface area contributed by atoms with Gasteiger partial charge in [0, 0.05) is 5.38 Å². The van der Waals surface area contributed by atoms with E-state index in [-0.39, 0.29) is 5.69 Å². The van der Waals surface area contributed by atoms with Crippen LogP contribution in [-0.2, 0) is 5.11 Å². The second-order valence-electron chi connectivity index (χ2n) is 1.17. The Morgan fingerprint density at radius 3 is 2.75 bits per heavy atom. The summed E-state index contributed by atoms with van der Waals surface area (Å²) in [4.78, 5) is 9.90. The van der Waals surface area contributed by atoms with Crippen LogP contribution in [0.1, 0.15) is 10.5 Å². The van der Waals surface area contributed by atoms with Gasteiger partial charge in [-0.1, -0.05) is 0 Å². The van der Waals surface area contributed by atoms with Crippen molar-refractivity contribution < 1.29 is 9.90 Å². The monoisotopic (exact) mass is 128 g/mol. The third-order valence-electron chi connectivity index (χ3n) is 0.647. The molecular weight excluding hydrogens is 126 g/mol. The van der Waals surface area contributed by atoms with Gasteiger partial charge >= 0.3 is 5.97 Å². The van der Waals surface area contributed by atoms with Crippen molar-refractivity contribution in [3.63, 3.8) is 0 Å². The van der Waals surface area contributed by atoms with E-state index in [4.69, 9.17) is 0 Å². The maximum Gasteiger partial charge on any atom is 0.405 e. The molecule has 0 fully saturated rings. The van der Waals surface area contributed by atoms with Crippen LogP contribution in [0.15, 0.2) is 11.4 Å². The highest BCUT2D eigenvalue weighted by Gasteiger charge is 2.04. The second kappa shape index (κ2) is 1.92. The van der Waals surface area contributed by atoms with Crippen LogP contribution in [0.25, 0.3) is 0 Å². The highest BCUT2D eigenvalue weighted by atomic mass is 32.1. The molecule has 0 N–H and O–H groups in total. The maximum atomic E-state index is 9.90. The molecule has 1 heterocycles. The van der Waals surface area contributed by atoms with Crippen LogP contribution in [0.2, 0.25) is 0 Å². The Kier molecular flexibility index (Phi) is 1.26. The van der Waals surface area contributed by atoms with E-state index in [2.05, 4.69) is 4.37 Å². The van der Waals surface area contributed by atoms with E-state index in [9.17, 15) is 9.90 Å². The highest BCUT2D eigenvalue weighted by Crippen LogP contribution is 1.97. The fourth-order valence-corrected chi connectivity index (χ4v) is 0.817. The van der Waals surface area contributed by atoms with Crippen LogP contribution in [0.4, 0.5) is 0 Å². The molecule has 0 aliphatic rings. The van der Waals surface area contributed by atoms with Crippen molar-refractivity contribution in [3.05, 3.63) is 17.1 Å². The molecule has 0 spiro atoms. The van der Waals surface area contributed by atoms with Gasteiger partial charge in [0.05, 0.1) is 0 Å². The largest absolute Gasteiger partial charge is 0.405 e. The van der Waals surface area contributed by atoms with Gasteiger partial charge in [-0.25, -0.2) is 9.90 Å². The standard InChI is InChI=1S/C4H2NO2S/c6-4(7)3-1-2-8-5-3/h1-2H. The first-order chi connectivity index (χ1) is 3.80. The quantitative estimate of drug-likeness (QED) is 0.559. The number of aromatic nitrogens is 1. The number of carbonyl (C=O) groups excluding carboxylic acids is 1. The minimum Gasteiger partial charge on any atom is -0.240 e. The molecule has 8 heavy (non-hydrogen) atoms. The van der Waals surface area contributed by atoms with Gasteiger partial charge in [0.15, 0.2) is 5.69 Å². The second-order valence-corrected chi connectivity index (χ2v) is 1.84. The van der Waals surface area contributed by atoms with E-state index in [1.807, 2.05) is 0 Å². The third-order valence-corrected chi connectivity index (χ3v) is 1.21. The van der Waals surface area contributed by atoms with Gasteiger partial charge < -0.3 is 0 Å². The normalized spacial score (nSPS) is 9.00. The summed E-state index contributed by atoms with van der Waals surface area (Å²) >= 11 is 1.10. The molecule has 3 nitrogen and oxygen atoms in total. The summed E-state index contributed by atoms with van der Waals surface area (Å²) in [6.07, 6.45) is 0. The van der Waals surface area contributed by atoms with Crippen molar-refractivity contribution in [1.29, 1.82) is 0 Å². The van der Waals surface area contributed by atoms with Crippen molar-refractivity contribution in [2.75, 3.05) is 0 Å². The number of hydrogen-bond donors (Lipinski definition) is 0. The van der Waals surface area contributed by atoms with E-state index in [1.165, 1.54) is 6.07 Å². The summed E-state index contributed by atoms with van der Waals surface area (Å²) in [6, 6.07) is 1.40. The average molecular weight is 128 g/mol. The molecule has 1 aromatic rings. The molecule has 0 aliphatic heterocycles. The van der Waals surface area contributed by atoms with Gasteiger partial charge in [0.25, 0.3) is 0 Å². The zero-order chi connectivity index (χ0) is 5.98. The summed E-state index contributed by atoms with van der Waals surface area (Å²) in [6.45, 7) is 0. The highest BCUT2D eigenvalue weighted by molar-refractivity contribution is 7.03. The van der Waals surface area contributed by atoms with Gasteiger partial charge in [0.2, 0.25) is 0 Å². The molecule has 0 saturated carbocycles. The van der Waals surface area contributed by atoms with Crippen molar-refractivity contribution >= 4 is 17.5 Å². The summed E-state index contributed by atoms with van der Waals surface area (Å²) in [5.74, 6) is -1.22. The fourth-order valence-electron chi connectivity index (χ4n) is 0.318.